The molecule has 6 atom stereocenters. The molecule has 1 saturated heterocycles. The van der Waals surface area contributed by atoms with Crippen LogP contribution in [-0.2, 0) is 16.2 Å². The van der Waals surface area contributed by atoms with Gasteiger partial charge in [-0.05, 0) is 88.1 Å². The maximum atomic E-state index is 13.1. The highest BCUT2D eigenvalue weighted by molar-refractivity contribution is 14.1. The summed E-state index contributed by atoms with van der Waals surface area (Å²) >= 11 is 8.14. The fraction of sp³-hybridized carbons (Fsp3) is 0.346. The molecule has 2 amide bonds. The van der Waals surface area contributed by atoms with Gasteiger partial charge in [0, 0.05) is 5.02 Å². The molecule has 2 bridgehead atoms. The Kier molecular flexibility index (Phi) is 5.44. The molecule has 2 aromatic rings. The predicted molar refractivity (Wildman–Crippen MR) is 136 cm³/mol. The van der Waals surface area contributed by atoms with Gasteiger partial charge in [-0.25, -0.2) is 0 Å². The number of imide groups is 1. The fourth-order valence-corrected chi connectivity index (χ4v) is 6.78. The monoisotopic (exact) mass is 588 g/mol. The lowest BCUT2D eigenvalue weighted by molar-refractivity contribution is -0.140. The van der Waals surface area contributed by atoms with E-state index in [-0.39, 0.29) is 35.5 Å². The standard InChI is InChI=1S/C26H22ClIN2O4/c1-33-21-9-14(8-20(28)24(21)34-12-13-2-4-15(27)5-3-13)11-29-30-25(31)22-16-6-7-17(19-10-18(16)19)23(22)26(30)32/h2-9,11,16-19,22-23H,10,12H2,1H3/b29-11-/t16-,17-,18-,19+,22+,23+/m0/s1. The summed E-state index contributed by atoms with van der Waals surface area (Å²) in [4.78, 5) is 26.2. The highest BCUT2D eigenvalue weighted by Gasteiger charge is 2.67. The lowest BCUT2D eigenvalue weighted by atomic mass is 9.63. The molecule has 4 aliphatic carbocycles. The van der Waals surface area contributed by atoms with Crippen LogP contribution in [0, 0.1) is 39.1 Å². The van der Waals surface area contributed by atoms with Crippen LogP contribution in [0.4, 0.5) is 0 Å². The van der Waals surface area contributed by atoms with Crippen molar-refractivity contribution in [2.24, 2.45) is 40.6 Å². The number of nitrogens with zero attached hydrogens (tertiary/aromatic N) is 2. The third-order valence-electron chi connectivity index (χ3n) is 7.51. The van der Waals surface area contributed by atoms with Crippen LogP contribution in [0.3, 0.4) is 0 Å². The molecule has 0 N–H and O–H groups in total. The normalized spacial score (nSPS) is 30.6. The van der Waals surface area contributed by atoms with E-state index in [0.717, 1.165) is 26.1 Å². The Balaban J connectivity index is 1.20. The van der Waals surface area contributed by atoms with Gasteiger partial charge in [-0.15, -0.1) is 0 Å². The van der Waals surface area contributed by atoms with Crippen molar-refractivity contribution >= 4 is 52.2 Å². The van der Waals surface area contributed by atoms with Gasteiger partial charge in [-0.3, -0.25) is 9.59 Å². The van der Waals surface area contributed by atoms with Crippen molar-refractivity contribution in [2.45, 2.75) is 13.0 Å². The molecule has 174 valence electrons. The van der Waals surface area contributed by atoms with Crippen molar-refractivity contribution < 1.29 is 19.1 Å². The van der Waals surface area contributed by atoms with Crippen molar-refractivity contribution in [1.29, 1.82) is 0 Å². The van der Waals surface area contributed by atoms with Crippen LogP contribution in [-0.4, -0.2) is 30.1 Å². The molecular weight excluding hydrogens is 567 g/mol. The van der Waals surface area contributed by atoms with Crippen LogP contribution in [0.25, 0.3) is 0 Å². The zero-order valence-corrected chi connectivity index (χ0v) is 21.3. The summed E-state index contributed by atoms with van der Waals surface area (Å²) in [5.41, 5.74) is 1.71. The molecule has 0 unspecified atom stereocenters. The number of rotatable bonds is 6. The topological polar surface area (TPSA) is 68.2 Å². The second kappa shape index (κ2) is 8.37. The van der Waals surface area contributed by atoms with Crippen molar-refractivity contribution in [3.05, 3.63) is 68.3 Å². The van der Waals surface area contributed by atoms with Crippen LogP contribution in [0.15, 0.2) is 53.7 Å². The first-order valence-corrected chi connectivity index (χ1v) is 12.8. The predicted octanol–water partition coefficient (Wildman–Crippen LogP) is 4.92. The lowest BCUT2D eigenvalue weighted by Gasteiger charge is -2.37. The summed E-state index contributed by atoms with van der Waals surface area (Å²) in [6.45, 7) is 0.370. The largest absolute Gasteiger partial charge is 0.493 e. The van der Waals surface area contributed by atoms with Crippen LogP contribution in [0.1, 0.15) is 17.5 Å². The van der Waals surface area contributed by atoms with E-state index in [1.54, 1.807) is 19.4 Å². The van der Waals surface area contributed by atoms with Gasteiger partial charge >= 0.3 is 0 Å². The molecule has 8 heteroatoms. The Hall–Kier alpha value is -2.39. The van der Waals surface area contributed by atoms with Crippen LogP contribution in [0.5, 0.6) is 11.5 Å². The molecule has 2 aromatic carbocycles. The van der Waals surface area contributed by atoms with Crippen molar-refractivity contribution in [3.63, 3.8) is 0 Å². The van der Waals surface area contributed by atoms with Crippen molar-refractivity contribution in [1.82, 2.24) is 5.01 Å². The zero-order chi connectivity index (χ0) is 23.6. The van der Waals surface area contributed by atoms with E-state index < -0.39 is 0 Å². The maximum absolute atomic E-state index is 13.1. The number of amides is 2. The van der Waals surface area contributed by atoms with Gasteiger partial charge in [0.05, 0.1) is 28.7 Å². The van der Waals surface area contributed by atoms with E-state index in [1.807, 2.05) is 30.3 Å². The Bertz CT molecular complexity index is 1210. The molecule has 5 aliphatic rings. The average molecular weight is 589 g/mol. The number of carbonyl (C=O) groups is 2. The van der Waals surface area contributed by atoms with Gasteiger partial charge in [0.25, 0.3) is 11.8 Å². The molecule has 1 heterocycles. The summed E-state index contributed by atoms with van der Waals surface area (Å²) < 4.78 is 12.4. The number of ether oxygens (including phenoxy) is 2. The summed E-state index contributed by atoms with van der Waals surface area (Å²) in [6, 6.07) is 11.2. The second-order valence-corrected chi connectivity index (χ2v) is 10.9. The number of hydrogen-bond acceptors (Lipinski definition) is 5. The molecule has 2 saturated carbocycles. The first kappa shape index (κ1) is 22.1. The van der Waals surface area contributed by atoms with Crippen molar-refractivity contribution in [2.75, 3.05) is 7.11 Å². The van der Waals surface area contributed by atoms with Crippen LogP contribution >= 0.6 is 34.2 Å². The van der Waals surface area contributed by atoms with Crippen LogP contribution in [0.2, 0.25) is 5.02 Å². The molecule has 0 spiro atoms. The Labute approximate surface area is 216 Å². The van der Waals surface area contributed by atoms with E-state index in [9.17, 15) is 9.59 Å². The molecule has 1 aliphatic heterocycles. The first-order valence-electron chi connectivity index (χ1n) is 11.3. The number of benzene rings is 2. The number of methoxy groups -OCH3 is 1. The molecule has 3 fully saturated rings. The van der Waals surface area contributed by atoms with Crippen molar-refractivity contribution in [3.8, 4) is 11.5 Å². The molecule has 7 rings (SSSR count). The van der Waals surface area contributed by atoms with Gasteiger partial charge in [-0.2, -0.15) is 10.1 Å². The number of hydrazone groups is 1. The Morgan fingerprint density at radius 2 is 1.74 bits per heavy atom. The van der Waals surface area contributed by atoms with Gasteiger partial charge in [-0.1, -0.05) is 35.9 Å². The lowest BCUT2D eigenvalue weighted by Crippen LogP contribution is -2.40. The van der Waals surface area contributed by atoms with Gasteiger partial charge < -0.3 is 9.47 Å². The SMILES string of the molecule is COc1cc(/C=N\N2C(=O)[C@@H]3[C@H]4C=C[C@@H]([C@@H]5C[C@H]45)[C@H]3C2=O)cc(I)c1OCc1ccc(Cl)cc1. The molecule has 34 heavy (non-hydrogen) atoms. The zero-order valence-electron chi connectivity index (χ0n) is 18.4. The summed E-state index contributed by atoms with van der Waals surface area (Å²) in [6.07, 6.45) is 7.02. The Morgan fingerprint density at radius 1 is 1.09 bits per heavy atom. The third-order valence-corrected chi connectivity index (χ3v) is 8.56. The van der Waals surface area contributed by atoms with Gasteiger partial charge in [0.15, 0.2) is 11.5 Å². The van der Waals surface area contributed by atoms with Crippen LogP contribution < -0.4 is 9.47 Å². The summed E-state index contributed by atoms with van der Waals surface area (Å²) in [7, 11) is 1.58. The summed E-state index contributed by atoms with van der Waals surface area (Å²) in [5, 5.41) is 6.10. The number of hydrogen-bond donors (Lipinski definition) is 0. The number of carbonyl (C=O) groups excluding carboxylic acids is 2. The second-order valence-electron chi connectivity index (χ2n) is 9.34. The third kappa shape index (κ3) is 3.55. The van der Waals surface area contributed by atoms with E-state index in [4.69, 9.17) is 21.1 Å². The molecule has 6 nitrogen and oxygen atoms in total. The highest BCUT2D eigenvalue weighted by Crippen LogP contribution is 2.65. The Morgan fingerprint density at radius 3 is 2.35 bits per heavy atom. The quantitative estimate of drug-likeness (QED) is 0.208. The minimum absolute atomic E-state index is 0.166. The minimum atomic E-state index is -0.248. The van der Waals surface area contributed by atoms with Gasteiger partial charge in [0.2, 0.25) is 0 Å². The fourth-order valence-electron chi connectivity index (χ4n) is 5.87. The molecular formula is C26H22ClIN2O4. The maximum Gasteiger partial charge on any atom is 0.254 e. The molecule has 0 aromatic heterocycles. The van der Waals surface area contributed by atoms with E-state index in [0.29, 0.717) is 35.0 Å². The van der Waals surface area contributed by atoms with Gasteiger partial charge in [0.1, 0.15) is 6.61 Å². The minimum Gasteiger partial charge on any atom is -0.493 e. The average Bonchev–Trinajstić information content (AvgIpc) is 3.62. The highest BCUT2D eigenvalue weighted by atomic mass is 127. The number of allylic oxidation sites excluding steroid dienone is 2. The first-order chi connectivity index (χ1) is 16.5. The van der Waals surface area contributed by atoms with E-state index in [1.165, 1.54) is 0 Å². The van der Waals surface area contributed by atoms with E-state index in [2.05, 4.69) is 39.8 Å². The van der Waals surface area contributed by atoms with E-state index >= 15 is 0 Å². The summed E-state index contributed by atoms with van der Waals surface area (Å²) in [5.74, 6) is 1.87. The number of halogens is 2. The molecule has 0 radical (unpaired) electrons. The smallest absolute Gasteiger partial charge is 0.254 e.